The number of carbonyl (C=O) groups excluding carboxylic acids is 3. The van der Waals surface area contributed by atoms with Gasteiger partial charge in [-0.2, -0.15) is 5.26 Å². The van der Waals surface area contributed by atoms with Crippen molar-refractivity contribution in [2.24, 2.45) is 5.73 Å². The van der Waals surface area contributed by atoms with Crippen molar-refractivity contribution in [3.8, 4) is 11.8 Å². The van der Waals surface area contributed by atoms with E-state index in [0.29, 0.717) is 17.5 Å². The molecule has 0 aliphatic heterocycles. The van der Waals surface area contributed by atoms with Crippen molar-refractivity contribution >= 4 is 23.9 Å². The second-order valence-corrected chi connectivity index (χ2v) is 7.35. The van der Waals surface area contributed by atoms with Gasteiger partial charge in [0.25, 0.3) is 0 Å². The number of methoxy groups -OCH3 is 1. The minimum atomic E-state index is -0.740. The monoisotopic (exact) mass is 465 g/mol. The fraction of sp³-hybridized carbons (Fsp3) is 0.280. The van der Waals surface area contributed by atoms with Crippen LogP contribution in [0.15, 0.2) is 54.2 Å². The van der Waals surface area contributed by atoms with Gasteiger partial charge in [-0.15, -0.1) is 0 Å². The van der Waals surface area contributed by atoms with Crippen LogP contribution in [0.3, 0.4) is 0 Å². The van der Waals surface area contributed by atoms with E-state index in [9.17, 15) is 19.6 Å². The van der Waals surface area contributed by atoms with Crippen molar-refractivity contribution < 1.29 is 28.6 Å². The molecule has 0 unspecified atom stereocenters. The van der Waals surface area contributed by atoms with Gasteiger partial charge in [0.2, 0.25) is 5.91 Å². The Morgan fingerprint density at radius 1 is 1.18 bits per heavy atom. The van der Waals surface area contributed by atoms with Crippen molar-refractivity contribution in [3.05, 3.63) is 70.9 Å². The summed E-state index contributed by atoms with van der Waals surface area (Å²) < 4.78 is 15.7. The van der Waals surface area contributed by atoms with Crippen LogP contribution < -0.4 is 15.8 Å². The SMILES string of the molecule is COC(=O)C(=Cc1ccc(C#N)cc1OC[C@H](N)CCC(=O)OCc1ccccc1)NC(C)=O. The molecule has 0 aliphatic carbocycles. The molecule has 0 aromatic heterocycles. The van der Waals surface area contributed by atoms with E-state index < -0.39 is 17.9 Å². The molecule has 178 valence electrons. The molecule has 0 heterocycles. The lowest BCUT2D eigenvalue weighted by Gasteiger charge is -2.15. The largest absolute Gasteiger partial charge is 0.491 e. The van der Waals surface area contributed by atoms with Crippen molar-refractivity contribution in [2.75, 3.05) is 13.7 Å². The number of benzene rings is 2. The maximum Gasteiger partial charge on any atom is 0.354 e. The van der Waals surface area contributed by atoms with Gasteiger partial charge in [0.1, 0.15) is 24.7 Å². The second-order valence-electron chi connectivity index (χ2n) is 7.35. The Morgan fingerprint density at radius 3 is 2.56 bits per heavy atom. The minimum Gasteiger partial charge on any atom is -0.491 e. The van der Waals surface area contributed by atoms with Crippen molar-refractivity contribution in [1.82, 2.24) is 5.32 Å². The van der Waals surface area contributed by atoms with Crippen molar-refractivity contribution in [1.29, 1.82) is 5.26 Å². The van der Waals surface area contributed by atoms with Gasteiger partial charge in [0, 0.05) is 24.9 Å². The van der Waals surface area contributed by atoms with Crippen LogP contribution >= 0.6 is 0 Å². The van der Waals surface area contributed by atoms with Gasteiger partial charge in [-0.05, 0) is 36.3 Å². The summed E-state index contributed by atoms with van der Waals surface area (Å²) in [6.45, 7) is 1.51. The standard InChI is InChI=1S/C25H27N3O6/c1-17(29)28-22(25(31)32-2)13-20-9-8-19(14-26)12-23(20)33-16-21(27)10-11-24(30)34-15-18-6-4-3-5-7-18/h3-9,12-13,21H,10-11,15-16,27H2,1-2H3,(H,28,29)/t21-/m1/s1. The Balaban J connectivity index is 2.00. The number of rotatable bonds is 11. The molecule has 0 fully saturated rings. The number of nitrogens with zero attached hydrogens (tertiary/aromatic N) is 1. The highest BCUT2D eigenvalue weighted by atomic mass is 16.5. The van der Waals surface area contributed by atoms with Crippen LogP contribution in [-0.2, 0) is 30.5 Å². The Kier molecular flexibility index (Phi) is 10.3. The van der Waals surface area contributed by atoms with Gasteiger partial charge >= 0.3 is 11.9 Å². The van der Waals surface area contributed by atoms with E-state index in [2.05, 4.69) is 5.32 Å². The molecule has 0 radical (unpaired) electrons. The first-order valence-electron chi connectivity index (χ1n) is 10.5. The molecule has 9 heteroatoms. The molecule has 34 heavy (non-hydrogen) atoms. The summed E-state index contributed by atoms with van der Waals surface area (Å²) in [5.74, 6) is -1.27. The molecule has 3 N–H and O–H groups in total. The summed E-state index contributed by atoms with van der Waals surface area (Å²) in [7, 11) is 1.19. The maximum absolute atomic E-state index is 12.0. The zero-order valence-corrected chi connectivity index (χ0v) is 19.1. The summed E-state index contributed by atoms with van der Waals surface area (Å²) >= 11 is 0. The molecule has 0 spiro atoms. The highest BCUT2D eigenvalue weighted by Gasteiger charge is 2.15. The molecule has 0 saturated carbocycles. The zero-order chi connectivity index (χ0) is 24.9. The highest BCUT2D eigenvalue weighted by molar-refractivity contribution is 5.97. The number of esters is 2. The van der Waals surface area contributed by atoms with Gasteiger partial charge in [-0.1, -0.05) is 30.3 Å². The van der Waals surface area contributed by atoms with E-state index in [-0.39, 0.29) is 37.1 Å². The first-order chi connectivity index (χ1) is 16.3. The molecule has 1 atom stereocenters. The van der Waals surface area contributed by atoms with Crippen molar-refractivity contribution in [3.63, 3.8) is 0 Å². The third-order valence-electron chi connectivity index (χ3n) is 4.57. The normalized spacial score (nSPS) is 11.6. The van der Waals surface area contributed by atoms with Gasteiger partial charge in [0.15, 0.2) is 0 Å². The van der Waals surface area contributed by atoms with Crippen LogP contribution in [0.2, 0.25) is 0 Å². The van der Waals surface area contributed by atoms with Crippen LogP contribution in [-0.4, -0.2) is 37.6 Å². The molecular formula is C25H27N3O6. The van der Waals surface area contributed by atoms with Gasteiger partial charge in [0.05, 0.1) is 18.7 Å². The Bertz CT molecular complexity index is 1080. The molecule has 2 aromatic carbocycles. The first-order valence-corrected chi connectivity index (χ1v) is 10.5. The third-order valence-corrected chi connectivity index (χ3v) is 4.57. The fourth-order valence-corrected chi connectivity index (χ4v) is 2.84. The molecule has 2 aromatic rings. The second kappa shape index (κ2) is 13.4. The van der Waals surface area contributed by atoms with Crippen LogP contribution in [0.4, 0.5) is 0 Å². The molecule has 0 saturated heterocycles. The average Bonchev–Trinajstić information content (AvgIpc) is 2.84. The predicted octanol–water partition coefficient (Wildman–Crippen LogP) is 2.44. The third kappa shape index (κ3) is 8.76. The molecule has 9 nitrogen and oxygen atoms in total. The van der Waals surface area contributed by atoms with Crippen LogP contribution in [0.25, 0.3) is 6.08 Å². The molecule has 2 rings (SSSR count). The summed E-state index contributed by atoms with van der Waals surface area (Å²) in [5.41, 5.74) is 7.67. The maximum atomic E-state index is 12.0. The number of hydrogen-bond acceptors (Lipinski definition) is 8. The summed E-state index contributed by atoms with van der Waals surface area (Å²) in [6, 6.07) is 15.5. The lowest BCUT2D eigenvalue weighted by atomic mass is 10.1. The van der Waals surface area contributed by atoms with Gasteiger partial charge in [-0.25, -0.2) is 4.79 Å². The molecular weight excluding hydrogens is 438 g/mol. The summed E-state index contributed by atoms with van der Waals surface area (Å²) in [4.78, 5) is 35.4. The topological polar surface area (TPSA) is 141 Å². The van der Waals surface area contributed by atoms with E-state index in [1.807, 2.05) is 36.4 Å². The lowest BCUT2D eigenvalue weighted by molar-refractivity contribution is -0.145. The molecule has 0 bridgehead atoms. The first kappa shape index (κ1) is 26.1. The number of carbonyl (C=O) groups is 3. The smallest absolute Gasteiger partial charge is 0.354 e. The number of nitrogens with one attached hydrogen (secondary N) is 1. The lowest BCUT2D eigenvalue weighted by Crippen LogP contribution is -2.29. The molecule has 0 aliphatic rings. The summed E-state index contributed by atoms with van der Waals surface area (Å²) in [5, 5.41) is 11.6. The Morgan fingerprint density at radius 2 is 1.91 bits per heavy atom. The van der Waals surface area contributed by atoms with E-state index in [1.165, 1.54) is 26.2 Å². The number of ether oxygens (including phenoxy) is 3. The van der Waals surface area contributed by atoms with E-state index in [4.69, 9.17) is 19.9 Å². The zero-order valence-electron chi connectivity index (χ0n) is 19.1. The number of nitrogens with two attached hydrogens (primary N) is 1. The van der Waals surface area contributed by atoms with Gasteiger partial charge < -0.3 is 25.3 Å². The minimum absolute atomic E-state index is 0.0510. The number of hydrogen-bond donors (Lipinski definition) is 2. The molecule has 1 amide bonds. The average molecular weight is 466 g/mol. The summed E-state index contributed by atoms with van der Waals surface area (Å²) in [6.07, 6.45) is 1.84. The van der Waals surface area contributed by atoms with Crippen molar-refractivity contribution in [2.45, 2.75) is 32.4 Å². The van der Waals surface area contributed by atoms with E-state index in [0.717, 1.165) is 5.56 Å². The number of amides is 1. The Labute approximate surface area is 198 Å². The fourth-order valence-electron chi connectivity index (χ4n) is 2.84. The number of nitriles is 1. The van der Waals surface area contributed by atoms with Crippen LogP contribution in [0, 0.1) is 11.3 Å². The Hall–Kier alpha value is -4.16. The van der Waals surface area contributed by atoms with Gasteiger partial charge in [-0.3, -0.25) is 9.59 Å². The highest BCUT2D eigenvalue weighted by Crippen LogP contribution is 2.23. The van der Waals surface area contributed by atoms with E-state index in [1.54, 1.807) is 12.1 Å². The van der Waals surface area contributed by atoms with E-state index >= 15 is 0 Å². The van der Waals surface area contributed by atoms with Crippen LogP contribution in [0.5, 0.6) is 5.75 Å². The van der Waals surface area contributed by atoms with Crippen LogP contribution in [0.1, 0.15) is 36.5 Å². The quantitative estimate of drug-likeness (QED) is 0.381. The predicted molar refractivity (Wildman–Crippen MR) is 124 cm³/mol.